The van der Waals surface area contributed by atoms with Gasteiger partial charge >= 0.3 is 0 Å². The molecule has 3 heteroatoms. The Hall–Kier alpha value is -0.540. The zero-order valence-electron chi connectivity index (χ0n) is 9.15. The molecule has 0 saturated heterocycles. The molecule has 1 fully saturated rings. The molecule has 1 heterocycles. The van der Waals surface area contributed by atoms with E-state index in [4.69, 9.17) is 5.73 Å². The number of nitrogens with two attached hydrogens (primary N) is 1. The molecule has 0 aromatic carbocycles. The summed E-state index contributed by atoms with van der Waals surface area (Å²) in [6.45, 7) is 1.99. The molecule has 1 saturated carbocycles. The van der Waals surface area contributed by atoms with Gasteiger partial charge in [0.1, 0.15) is 0 Å². The molecule has 0 spiro atoms. The van der Waals surface area contributed by atoms with Crippen molar-refractivity contribution in [3.05, 3.63) is 23.9 Å². The second-order valence-corrected chi connectivity index (χ2v) is 5.56. The highest BCUT2D eigenvalue weighted by Gasteiger charge is 2.16. The third kappa shape index (κ3) is 2.95. The molecule has 2 rings (SSSR count). The summed E-state index contributed by atoms with van der Waals surface area (Å²) in [7, 11) is 0. The molecular formula is C12H18N2S. The molecule has 0 aliphatic heterocycles. The van der Waals surface area contributed by atoms with E-state index in [1.54, 1.807) is 0 Å². The molecule has 1 unspecified atom stereocenters. The summed E-state index contributed by atoms with van der Waals surface area (Å²) >= 11 is 1.92. The summed E-state index contributed by atoms with van der Waals surface area (Å²) in [5.74, 6) is 0. The Morgan fingerprint density at radius 3 is 2.67 bits per heavy atom. The van der Waals surface area contributed by atoms with E-state index in [1.165, 1.54) is 25.7 Å². The SMILES string of the molecule is CC(N)c1ccc(SC2CCCC2)nc1. The lowest BCUT2D eigenvalue weighted by atomic mass is 10.2. The first-order chi connectivity index (χ1) is 7.25. The van der Waals surface area contributed by atoms with Crippen molar-refractivity contribution in [3.8, 4) is 0 Å². The van der Waals surface area contributed by atoms with E-state index in [1.807, 2.05) is 24.9 Å². The van der Waals surface area contributed by atoms with E-state index in [9.17, 15) is 0 Å². The number of hydrogen-bond donors (Lipinski definition) is 1. The molecule has 1 aromatic heterocycles. The number of hydrogen-bond acceptors (Lipinski definition) is 3. The Balaban J connectivity index is 1.97. The minimum Gasteiger partial charge on any atom is -0.324 e. The molecule has 0 amide bonds. The van der Waals surface area contributed by atoms with E-state index in [-0.39, 0.29) is 6.04 Å². The quantitative estimate of drug-likeness (QED) is 0.854. The van der Waals surface area contributed by atoms with Crippen molar-refractivity contribution in [1.82, 2.24) is 4.98 Å². The first kappa shape index (κ1) is 11.0. The highest BCUT2D eigenvalue weighted by atomic mass is 32.2. The number of aromatic nitrogens is 1. The average molecular weight is 222 g/mol. The third-order valence-corrected chi connectivity index (χ3v) is 4.16. The number of pyridine rings is 1. The largest absolute Gasteiger partial charge is 0.324 e. The van der Waals surface area contributed by atoms with Crippen LogP contribution in [0.1, 0.15) is 44.2 Å². The zero-order valence-corrected chi connectivity index (χ0v) is 9.96. The predicted octanol–water partition coefficient (Wildman–Crippen LogP) is 3.14. The van der Waals surface area contributed by atoms with Gasteiger partial charge in [-0.25, -0.2) is 4.98 Å². The van der Waals surface area contributed by atoms with Gasteiger partial charge in [0.25, 0.3) is 0 Å². The molecule has 1 aliphatic rings. The highest BCUT2D eigenvalue weighted by Crippen LogP contribution is 2.33. The molecule has 15 heavy (non-hydrogen) atoms. The van der Waals surface area contributed by atoms with E-state index < -0.39 is 0 Å². The van der Waals surface area contributed by atoms with Crippen LogP contribution >= 0.6 is 11.8 Å². The smallest absolute Gasteiger partial charge is 0.0962 e. The Labute approximate surface area is 95.7 Å². The van der Waals surface area contributed by atoms with Crippen LogP contribution in [0.25, 0.3) is 0 Å². The van der Waals surface area contributed by atoms with Gasteiger partial charge in [0.15, 0.2) is 0 Å². The lowest BCUT2D eigenvalue weighted by molar-refractivity contribution is 0.805. The summed E-state index contributed by atoms with van der Waals surface area (Å²) in [5, 5.41) is 1.94. The summed E-state index contributed by atoms with van der Waals surface area (Å²) in [4.78, 5) is 4.45. The lowest BCUT2D eigenvalue weighted by Gasteiger charge is -2.09. The second-order valence-electron chi connectivity index (χ2n) is 4.24. The van der Waals surface area contributed by atoms with Crippen LogP contribution in [0.3, 0.4) is 0 Å². The fourth-order valence-electron chi connectivity index (χ4n) is 1.91. The molecule has 1 atom stereocenters. The van der Waals surface area contributed by atoms with E-state index >= 15 is 0 Å². The van der Waals surface area contributed by atoms with Crippen LogP contribution in [0.2, 0.25) is 0 Å². The maximum absolute atomic E-state index is 5.78. The molecule has 1 aromatic rings. The molecule has 0 radical (unpaired) electrons. The third-order valence-electron chi connectivity index (χ3n) is 2.87. The van der Waals surface area contributed by atoms with Crippen molar-refractivity contribution in [1.29, 1.82) is 0 Å². The van der Waals surface area contributed by atoms with E-state index in [0.717, 1.165) is 15.8 Å². The van der Waals surface area contributed by atoms with Gasteiger partial charge in [-0.15, -0.1) is 11.8 Å². The van der Waals surface area contributed by atoms with Gasteiger partial charge in [0.2, 0.25) is 0 Å². The van der Waals surface area contributed by atoms with Gasteiger partial charge in [0, 0.05) is 17.5 Å². The van der Waals surface area contributed by atoms with E-state index in [2.05, 4.69) is 17.1 Å². The second kappa shape index (κ2) is 4.99. The van der Waals surface area contributed by atoms with Crippen LogP contribution < -0.4 is 5.73 Å². The van der Waals surface area contributed by atoms with Crippen LogP contribution in [0, 0.1) is 0 Å². The van der Waals surface area contributed by atoms with Gasteiger partial charge in [-0.05, 0) is 31.4 Å². The van der Waals surface area contributed by atoms with Crippen LogP contribution in [0.5, 0.6) is 0 Å². The van der Waals surface area contributed by atoms with Crippen LogP contribution in [-0.2, 0) is 0 Å². The summed E-state index contributed by atoms with van der Waals surface area (Å²) in [6, 6.07) is 4.28. The summed E-state index contributed by atoms with van der Waals surface area (Å²) in [6.07, 6.45) is 7.37. The Morgan fingerprint density at radius 2 is 2.13 bits per heavy atom. The fourth-order valence-corrected chi connectivity index (χ4v) is 3.08. The maximum atomic E-state index is 5.78. The van der Waals surface area contributed by atoms with Crippen LogP contribution in [0.15, 0.2) is 23.4 Å². The normalized spacial score (nSPS) is 19.3. The monoisotopic (exact) mass is 222 g/mol. The van der Waals surface area contributed by atoms with Gasteiger partial charge in [-0.2, -0.15) is 0 Å². The zero-order chi connectivity index (χ0) is 10.7. The minimum atomic E-state index is 0.0861. The van der Waals surface area contributed by atoms with Gasteiger partial charge in [-0.1, -0.05) is 18.9 Å². The molecular weight excluding hydrogens is 204 g/mol. The van der Waals surface area contributed by atoms with Crippen molar-refractivity contribution in [2.75, 3.05) is 0 Å². The average Bonchev–Trinajstić information content (AvgIpc) is 2.71. The summed E-state index contributed by atoms with van der Waals surface area (Å²) < 4.78 is 0. The molecule has 2 N–H and O–H groups in total. The number of rotatable bonds is 3. The van der Waals surface area contributed by atoms with Crippen molar-refractivity contribution >= 4 is 11.8 Å². The Bertz CT molecular complexity index is 302. The first-order valence-electron chi connectivity index (χ1n) is 5.64. The van der Waals surface area contributed by atoms with Gasteiger partial charge < -0.3 is 5.73 Å². The summed E-state index contributed by atoms with van der Waals surface area (Å²) in [5.41, 5.74) is 6.90. The van der Waals surface area contributed by atoms with Crippen molar-refractivity contribution in [3.63, 3.8) is 0 Å². The molecule has 2 nitrogen and oxygen atoms in total. The number of nitrogens with zero attached hydrogens (tertiary/aromatic N) is 1. The maximum Gasteiger partial charge on any atom is 0.0962 e. The van der Waals surface area contributed by atoms with Crippen LogP contribution in [-0.4, -0.2) is 10.2 Å². The van der Waals surface area contributed by atoms with Gasteiger partial charge in [-0.3, -0.25) is 0 Å². The number of thioether (sulfide) groups is 1. The fraction of sp³-hybridized carbons (Fsp3) is 0.583. The van der Waals surface area contributed by atoms with Crippen molar-refractivity contribution in [2.24, 2.45) is 5.73 Å². The van der Waals surface area contributed by atoms with Gasteiger partial charge in [0.05, 0.1) is 5.03 Å². The lowest BCUT2D eigenvalue weighted by Crippen LogP contribution is -2.05. The highest BCUT2D eigenvalue weighted by molar-refractivity contribution is 7.99. The first-order valence-corrected chi connectivity index (χ1v) is 6.52. The van der Waals surface area contributed by atoms with E-state index in [0.29, 0.717) is 0 Å². The molecule has 0 bridgehead atoms. The standard InChI is InChI=1S/C12H18N2S/c1-9(13)10-6-7-12(14-8-10)15-11-4-2-3-5-11/h6-9,11H,2-5,13H2,1H3. The predicted molar refractivity (Wildman–Crippen MR) is 65.0 cm³/mol. The topological polar surface area (TPSA) is 38.9 Å². The molecule has 82 valence electrons. The van der Waals surface area contributed by atoms with Crippen LogP contribution in [0.4, 0.5) is 0 Å². The van der Waals surface area contributed by atoms with Crippen molar-refractivity contribution in [2.45, 2.75) is 48.9 Å². The minimum absolute atomic E-state index is 0.0861. The molecule has 1 aliphatic carbocycles. The van der Waals surface area contributed by atoms with Crippen molar-refractivity contribution < 1.29 is 0 Å². The Morgan fingerprint density at radius 1 is 1.40 bits per heavy atom. The Kier molecular flexibility index (Phi) is 3.65.